The molecule has 0 saturated carbocycles. The van der Waals surface area contributed by atoms with Gasteiger partial charge in [-0.15, -0.1) is 0 Å². The highest BCUT2D eigenvalue weighted by Gasteiger charge is 2.20. The fraction of sp³-hybridized carbons (Fsp3) is 0.556. The van der Waals surface area contributed by atoms with Crippen LogP contribution in [-0.2, 0) is 4.79 Å². The maximum atomic E-state index is 12.1. The molecule has 2 N–H and O–H groups in total. The molecular formula is C18H27N3O3. The van der Waals surface area contributed by atoms with Crippen LogP contribution in [0.3, 0.4) is 0 Å². The van der Waals surface area contributed by atoms with Crippen molar-refractivity contribution in [3.05, 3.63) is 29.8 Å². The number of nitrogens with one attached hydrogen (secondary N) is 2. The van der Waals surface area contributed by atoms with E-state index in [-0.39, 0.29) is 18.4 Å². The molecule has 1 fully saturated rings. The van der Waals surface area contributed by atoms with Crippen molar-refractivity contribution in [2.75, 3.05) is 32.8 Å². The van der Waals surface area contributed by atoms with Gasteiger partial charge in [-0.05, 0) is 37.6 Å². The van der Waals surface area contributed by atoms with E-state index in [1.165, 1.54) is 0 Å². The molecule has 6 nitrogen and oxygen atoms in total. The number of amides is 2. The Labute approximate surface area is 143 Å². The van der Waals surface area contributed by atoms with Crippen molar-refractivity contribution in [1.29, 1.82) is 0 Å². The summed E-state index contributed by atoms with van der Waals surface area (Å²) in [6.07, 6.45) is 2.09. The highest BCUT2D eigenvalue weighted by atomic mass is 16.5. The Balaban J connectivity index is 1.78. The second kappa shape index (κ2) is 9.27. The maximum absolute atomic E-state index is 12.1. The molecule has 24 heavy (non-hydrogen) atoms. The van der Waals surface area contributed by atoms with Crippen molar-refractivity contribution in [1.82, 2.24) is 15.5 Å². The number of nitrogens with zero attached hydrogens (tertiary/aromatic N) is 1. The summed E-state index contributed by atoms with van der Waals surface area (Å²) >= 11 is 0. The normalized spacial score (nSPS) is 17.4. The molecule has 6 heteroatoms. The number of piperazine rings is 1. The minimum absolute atomic E-state index is 0.0281. The van der Waals surface area contributed by atoms with E-state index >= 15 is 0 Å². The van der Waals surface area contributed by atoms with Crippen LogP contribution in [0.4, 0.5) is 0 Å². The Kier molecular flexibility index (Phi) is 7.06. The SMILES string of the molecule is CCCCOc1ccc(C(=O)NCC(=O)N2CCN[C@H](C)C2)cc1. The molecule has 0 radical (unpaired) electrons. The van der Waals surface area contributed by atoms with E-state index in [1.54, 1.807) is 29.2 Å². The van der Waals surface area contributed by atoms with Crippen molar-refractivity contribution in [2.45, 2.75) is 32.7 Å². The molecule has 132 valence electrons. The van der Waals surface area contributed by atoms with Gasteiger partial charge < -0.3 is 20.3 Å². The molecule has 1 aliphatic rings. The number of hydrogen-bond acceptors (Lipinski definition) is 4. The van der Waals surface area contributed by atoms with Gasteiger partial charge >= 0.3 is 0 Å². The van der Waals surface area contributed by atoms with Crippen LogP contribution < -0.4 is 15.4 Å². The monoisotopic (exact) mass is 333 g/mol. The lowest BCUT2D eigenvalue weighted by atomic mass is 10.2. The highest BCUT2D eigenvalue weighted by molar-refractivity contribution is 5.96. The van der Waals surface area contributed by atoms with Crippen LogP contribution in [0.15, 0.2) is 24.3 Å². The van der Waals surface area contributed by atoms with Crippen LogP contribution in [-0.4, -0.2) is 55.5 Å². The van der Waals surface area contributed by atoms with Crippen molar-refractivity contribution < 1.29 is 14.3 Å². The van der Waals surface area contributed by atoms with Crippen molar-refractivity contribution in [3.63, 3.8) is 0 Å². The first-order valence-corrected chi connectivity index (χ1v) is 8.62. The smallest absolute Gasteiger partial charge is 0.251 e. The molecule has 0 bridgehead atoms. The molecule has 2 rings (SSSR count). The molecule has 1 atom stereocenters. The van der Waals surface area contributed by atoms with Crippen LogP contribution in [0.2, 0.25) is 0 Å². The predicted octanol–water partition coefficient (Wildman–Crippen LogP) is 1.42. The van der Waals surface area contributed by atoms with Gasteiger partial charge in [-0.3, -0.25) is 9.59 Å². The fourth-order valence-corrected chi connectivity index (χ4v) is 2.57. The van der Waals surface area contributed by atoms with Gasteiger partial charge in [0.05, 0.1) is 13.2 Å². The molecule has 2 amide bonds. The zero-order chi connectivity index (χ0) is 17.4. The minimum atomic E-state index is -0.244. The first-order chi connectivity index (χ1) is 11.6. The van der Waals surface area contributed by atoms with E-state index in [0.717, 1.165) is 25.1 Å². The summed E-state index contributed by atoms with van der Waals surface area (Å²) in [5, 5.41) is 5.98. The third kappa shape index (κ3) is 5.53. The van der Waals surface area contributed by atoms with Crippen LogP contribution in [0.1, 0.15) is 37.0 Å². The third-order valence-corrected chi connectivity index (χ3v) is 4.00. The van der Waals surface area contributed by atoms with Crippen LogP contribution in [0, 0.1) is 0 Å². The second-order valence-electron chi connectivity index (χ2n) is 6.10. The van der Waals surface area contributed by atoms with Crippen molar-refractivity contribution in [3.8, 4) is 5.75 Å². The summed E-state index contributed by atoms with van der Waals surface area (Å²) in [5.74, 6) is 0.466. The predicted molar refractivity (Wildman–Crippen MR) is 93.2 cm³/mol. The molecule has 0 aromatic heterocycles. The summed E-state index contributed by atoms with van der Waals surface area (Å²) in [7, 11) is 0. The third-order valence-electron chi connectivity index (χ3n) is 4.00. The Bertz CT molecular complexity index is 545. The van der Waals surface area contributed by atoms with Gasteiger partial charge in [-0.2, -0.15) is 0 Å². The molecule has 1 heterocycles. The number of carbonyl (C=O) groups is 2. The van der Waals surface area contributed by atoms with Gasteiger partial charge in [0, 0.05) is 31.2 Å². The Hall–Kier alpha value is -2.08. The lowest BCUT2D eigenvalue weighted by molar-refractivity contribution is -0.131. The van der Waals surface area contributed by atoms with E-state index in [0.29, 0.717) is 31.3 Å². The largest absolute Gasteiger partial charge is 0.494 e. The van der Waals surface area contributed by atoms with Gasteiger partial charge in [0.25, 0.3) is 5.91 Å². The second-order valence-corrected chi connectivity index (χ2v) is 6.10. The Morgan fingerprint density at radius 3 is 2.75 bits per heavy atom. The zero-order valence-corrected chi connectivity index (χ0v) is 14.5. The van der Waals surface area contributed by atoms with Crippen molar-refractivity contribution in [2.24, 2.45) is 0 Å². The first kappa shape index (κ1) is 18.3. The molecule has 0 unspecified atom stereocenters. The lowest BCUT2D eigenvalue weighted by Crippen LogP contribution is -2.53. The van der Waals surface area contributed by atoms with Gasteiger partial charge in [-0.25, -0.2) is 0 Å². The molecule has 1 saturated heterocycles. The van der Waals surface area contributed by atoms with E-state index in [9.17, 15) is 9.59 Å². The van der Waals surface area contributed by atoms with E-state index in [4.69, 9.17) is 4.74 Å². The molecule has 1 aromatic rings. The van der Waals surface area contributed by atoms with E-state index in [2.05, 4.69) is 17.6 Å². The van der Waals surface area contributed by atoms with Crippen LogP contribution >= 0.6 is 0 Å². The molecule has 1 aromatic carbocycles. The topological polar surface area (TPSA) is 70.7 Å². The molecule has 1 aliphatic heterocycles. The zero-order valence-electron chi connectivity index (χ0n) is 14.5. The van der Waals surface area contributed by atoms with Gasteiger partial charge in [-0.1, -0.05) is 13.3 Å². The summed E-state index contributed by atoms with van der Waals surface area (Å²) in [6, 6.07) is 7.29. The fourth-order valence-electron chi connectivity index (χ4n) is 2.57. The summed E-state index contributed by atoms with van der Waals surface area (Å²) in [5.41, 5.74) is 0.527. The van der Waals surface area contributed by atoms with E-state index < -0.39 is 0 Å². The van der Waals surface area contributed by atoms with Crippen LogP contribution in [0.5, 0.6) is 5.75 Å². The molecule has 0 aliphatic carbocycles. The maximum Gasteiger partial charge on any atom is 0.251 e. The number of carbonyl (C=O) groups excluding carboxylic acids is 2. The summed E-state index contributed by atoms with van der Waals surface area (Å²) < 4.78 is 5.57. The average Bonchev–Trinajstić information content (AvgIpc) is 2.60. The number of benzene rings is 1. The van der Waals surface area contributed by atoms with Gasteiger partial charge in [0.2, 0.25) is 5.91 Å². The standard InChI is InChI=1S/C18H27N3O3/c1-3-4-11-24-16-7-5-15(6-8-16)18(23)20-12-17(22)21-10-9-19-14(2)13-21/h5-8,14,19H,3-4,9-13H2,1-2H3,(H,20,23)/t14-/m1/s1. The van der Waals surface area contributed by atoms with Gasteiger partial charge in [0.15, 0.2) is 0 Å². The lowest BCUT2D eigenvalue weighted by Gasteiger charge is -2.31. The Morgan fingerprint density at radius 1 is 1.33 bits per heavy atom. The molecular weight excluding hydrogens is 306 g/mol. The first-order valence-electron chi connectivity index (χ1n) is 8.62. The number of ether oxygens (including phenoxy) is 1. The Morgan fingerprint density at radius 2 is 2.08 bits per heavy atom. The quantitative estimate of drug-likeness (QED) is 0.740. The van der Waals surface area contributed by atoms with E-state index in [1.807, 2.05) is 6.92 Å². The summed E-state index contributed by atoms with van der Waals surface area (Å²) in [4.78, 5) is 26.1. The minimum Gasteiger partial charge on any atom is -0.494 e. The molecule has 0 spiro atoms. The average molecular weight is 333 g/mol. The number of unbranched alkanes of at least 4 members (excludes halogenated alkanes) is 1. The van der Waals surface area contributed by atoms with Gasteiger partial charge in [0.1, 0.15) is 5.75 Å². The highest BCUT2D eigenvalue weighted by Crippen LogP contribution is 2.12. The van der Waals surface area contributed by atoms with Crippen molar-refractivity contribution >= 4 is 11.8 Å². The van der Waals surface area contributed by atoms with Crippen LogP contribution in [0.25, 0.3) is 0 Å². The number of hydrogen-bond donors (Lipinski definition) is 2. The number of rotatable bonds is 7. The summed E-state index contributed by atoms with van der Waals surface area (Å²) in [6.45, 7) is 7.02.